The summed E-state index contributed by atoms with van der Waals surface area (Å²) < 4.78 is 5.15. The van der Waals surface area contributed by atoms with E-state index in [1.807, 2.05) is 6.92 Å². The minimum atomic E-state index is -0.625. The zero-order valence-corrected chi connectivity index (χ0v) is 12.8. The lowest BCUT2D eigenvalue weighted by Crippen LogP contribution is -2.48. The van der Waals surface area contributed by atoms with Crippen molar-refractivity contribution in [1.82, 2.24) is 10.4 Å². The number of carbonyl (C=O) groups is 2. The summed E-state index contributed by atoms with van der Waals surface area (Å²) in [7, 11) is 2.92. The molecule has 0 aromatic heterocycles. The number of hydroxylamine groups is 2. The Bertz CT molecular complexity index is 300. The van der Waals surface area contributed by atoms with Crippen LogP contribution in [-0.2, 0) is 14.4 Å². The highest BCUT2D eigenvalue weighted by atomic mass is 16.7. The number of hydrogen-bond acceptors (Lipinski definition) is 4. The van der Waals surface area contributed by atoms with E-state index in [4.69, 9.17) is 9.57 Å². The van der Waals surface area contributed by atoms with Crippen LogP contribution in [0.4, 0.5) is 4.79 Å². The van der Waals surface area contributed by atoms with Gasteiger partial charge in [0.25, 0.3) is 5.91 Å². The van der Waals surface area contributed by atoms with Crippen LogP contribution < -0.4 is 5.32 Å². The van der Waals surface area contributed by atoms with Crippen LogP contribution in [0, 0.1) is 0 Å². The second kappa shape index (κ2) is 7.99. The molecule has 1 N–H and O–H groups in total. The van der Waals surface area contributed by atoms with Gasteiger partial charge in [-0.05, 0) is 27.2 Å². The molecule has 0 aliphatic rings. The second-order valence-electron chi connectivity index (χ2n) is 5.36. The Morgan fingerprint density at radius 1 is 1.32 bits per heavy atom. The van der Waals surface area contributed by atoms with Crippen LogP contribution in [0.3, 0.4) is 0 Å². The summed E-state index contributed by atoms with van der Waals surface area (Å²) in [6.07, 6.45) is 1.74. The molecular weight excluding hydrogens is 248 g/mol. The number of likely N-dealkylation sites (N-methyl/N-ethyl adjacent to an activating group) is 1. The van der Waals surface area contributed by atoms with Crippen molar-refractivity contribution in [2.24, 2.45) is 0 Å². The molecule has 0 aliphatic carbocycles. The third kappa shape index (κ3) is 7.66. The maximum absolute atomic E-state index is 12.0. The molecule has 0 aromatic carbocycles. The van der Waals surface area contributed by atoms with E-state index >= 15 is 0 Å². The van der Waals surface area contributed by atoms with Crippen LogP contribution in [-0.4, -0.2) is 42.9 Å². The molecule has 1 unspecified atom stereocenters. The monoisotopic (exact) mass is 274 g/mol. The molecule has 0 radical (unpaired) electrons. The summed E-state index contributed by atoms with van der Waals surface area (Å²) in [4.78, 5) is 28.6. The van der Waals surface area contributed by atoms with E-state index in [1.165, 1.54) is 14.2 Å². The fraction of sp³-hybridized carbons (Fsp3) is 0.846. The van der Waals surface area contributed by atoms with Crippen molar-refractivity contribution in [3.63, 3.8) is 0 Å². The SMILES string of the molecule is CCCCC(NC(=O)OC(C)(C)C)C(=O)N(C)OC. The van der Waals surface area contributed by atoms with Crippen molar-refractivity contribution >= 4 is 12.0 Å². The zero-order valence-electron chi connectivity index (χ0n) is 12.8. The summed E-state index contributed by atoms with van der Waals surface area (Å²) in [5.74, 6) is -0.290. The molecule has 0 saturated heterocycles. The maximum atomic E-state index is 12.0. The molecule has 1 atom stereocenters. The van der Waals surface area contributed by atoms with Gasteiger partial charge in [-0.2, -0.15) is 0 Å². The molecule has 0 spiro atoms. The fourth-order valence-electron chi connectivity index (χ4n) is 1.42. The Balaban J connectivity index is 4.59. The van der Waals surface area contributed by atoms with E-state index in [9.17, 15) is 9.59 Å². The van der Waals surface area contributed by atoms with Crippen molar-refractivity contribution < 1.29 is 19.2 Å². The summed E-state index contributed by atoms with van der Waals surface area (Å²) in [5.41, 5.74) is -0.588. The molecule has 0 bridgehead atoms. The first-order chi connectivity index (χ1) is 8.71. The Morgan fingerprint density at radius 3 is 2.32 bits per heavy atom. The molecular formula is C13H26N2O4. The van der Waals surface area contributed by atoms with Gasteiger partial charge in [0, 0.05) is 7.05 Å². The highest BCUT2D eigenvalue weighted by Crippen LogP contribution is 2.09. The molecule has 0 aromatic rings. The lowest BCUT2D eigenvalue weighted by atomic mass is 10.1. The number of nitrogens with one attached hydrogen (secondary N) is 1. The number of unbranched alkanes of at least 4 members (excludes halogenated alkanes) is 1. The zero-order chi connectivity index (χ0) is 15.1. The van der Waals surface area contributed by atoms with Crippen LogP contribution in [0.2, 0.25) is 0 Å². The van der Waals surface area contributed by atoms with E-state index in [-0.39, 0.29) is 5.91 Å². The van der Waals surface area contributed by atoms with Crippen molar-refractivity contribution in [2.75, 3.05) is 14.2 Å². The van der Waals surface area contributed by atoms with E-state index in [0.29, 0.717) is 6.42 Å². The number of nitrogens with zero attached hydrogens (tertiary/aromatic N) is 1. The Hall–Kier alpha value is -1.30. The smallest absolute Gasteiger partial charge is 0.408 e. The van der Waals surface area contributed by atoms with E-state index in [1.54, 1.807) is 20.8 Å². The van der Waals surface area contributed by atoms with E-state index < -0.39 is 17.7 Å². The first kappa shape index (κ1) is 17.7. The van der Waals surface area contributed by atoms with Crippen molar-refractivity contribution in [3.8, 4) is 0 Å². The number of carbonyl (C=O) groups excluding carboxylic acids is 2. The number of amides is 2. The van der Waals surface area contributed by atoms with Crippen molar-refractivity contribution in [2.45, 2.75) is 58.6 Å². The van der Waals surface area contributed by atoms with Gasteiger partial charge in [0.1, 0.15) is 11.6 Å². The van der Waals surface area contributed by atoms with Gasteiger partial charge in [0.2, 0.25) is 0 Å². The maximum Gasteiger partial charge on any atom is 0.408 e. The van der Waals surface area contributed by atoms with Crippen LogP contribution in [0.1, 0.15) is 47.0 Å². The van der Waals surface area contributed by atoms with Crippen LogP contribution >= 0.6 is 0 Å². The topological polar surface area (TPSA) is 67.9 Å². The van der Waals surface area contributed by atoms with Crippen LogP contribution in [0.15, 0.2) is 0 Å². The lowest BCUT2D eigenvalue weighted by molar-refractivity contribution is -0.171. The lowest BCUT2D eigenvalue weighted by Gasteiger charge is -2.25. The summed E-state index contributed by atoms with van der Waals surface area (Å²) >= 11 is 0. The molecule has 6 nitrogen and oxygen atoms in total. The average Bonchev–Trinajstić information content (AvgIpc) is 2.30. The van der Waals surface area contributed by atoms with Gasteiger partial charge in [0.15, 0.2) is 0 Å². The Labute approximate surface area is 115 Å². The van der Waals surface area contributed by atoms with E-state index in [0.717, 1.165) is 17.9 Å². The molecule has 0 saturated carbocycles. The number of alkyl carbamates (subject to hydrolysis) is 1. The number of hydrogen-bond donors (Lipinski definition) is 1. The van der Waals surface area contributed by atoms with Crippen molar-refractivity contribution in [1.29, 1.82) is 0 Å². The first-order valence-electron chi connectivity index (χ1n) is 6.52. The molecule has 0 fully saturated rings. The normalized spacial score (nSPS) is 12.7. The minimum absolute atomic E-state index is 0.290. The molecule has 6 heteroatoms. The van der Waals surface area contributed by atoms with Gasteiger partial charge in [-0.25, -0.2) is 9.86 Å². The van der Waals surface area contributed by atoms with Crippen LogP contribution in [0.25, 0.3) is 0 Å². The van der Waals surface area contributed by atoms with Crippen molar-refractivity contribution in [3.05, 3.63) is 0 Å². The largest absolute Gasteiger partial charge is 0.444 e. The Morgan fingerprint density at radius 2 is 1.89 bits per heavy atom. The predicted molar refractivity (Wildman–Crippen MR) is 72.5 cm³/mol. The highest BCUT2D eigenvalue weighted by Gasteiger charge is 2.26. The quantitative estimate of drug-likeness (QED) is 0.753. The molecule has 0 rings (SSSR count). The summed E-state index contributed by atoms with van der Waals surface area (Å²) in [6.45, 7) is 7.35. The number of ether oxygens (including phenoxy) is 1. The van der Waals surface area contributed by atoms with Crippen LogP contribution in [0.5, 0.6) is 0 Å². The summed E-state index contributed by atoms with van der Waals surface area (Å²) in [5, 5.41) is 3.70. The third-order valence-electron chi connectivity index (χ3n) is 2.42. The standard InChI is InChI=1S/C13H26N2O4/c1-7-8-9-10(11(16)15(5)18-6)14-12(17)19-13(2,3)4/h10H,7-9H2,1-6H3,(H,14,17). The second-order valence-corrected chi connectivity index (χ2v) is 5.36. The van der Waals surface area contributed by atoms with E-state index in [2.05, 4.69) is 5.32 Å². The predicted octanol–water partition coefficient (Wildman–Crippen LogP) is 2.09. The van der Waals surface area contributed by atoms with Gasteiger partial charge in [0.05, 0.1) is 7.11 Å². The Kier molecular flexibility index (Phi) is 7.44. The van der Waals surface area contributed by atoms with Gasteiger partial charge in [-0.3, -0.25) is 9.63 Å². The first-order valence-corrected chi connectivity index (χ1v) is 6.52. The highest BCUT2D eigenvalue weighted by molar-refractivity contribution is 5.84. The molecule has 0 heterocycles. The van der Waals surface area contributed by atoms with Gasteiger partial charge in [-0.15, -0.1) is 0 Å². The minimum Gasteiger partial charge on any atom is -0.444 e. The van der Waals surface area contributed by atoms with Gasteiger partial charge < -0.3 is 10.1 Å². The molecule has 0 aliphatic heterocycles. The summed E-state index contributed by atoms with van der Waals surface area (Å²) in [6, 6.07) is -0.625. The van der Waals surface area contributed by atoms with Gasteiger partial charge >= 0.3 is 6.09 Å². The molecule has 112 valence electrons. The number of rotatable bonds is 6. The third-order valence-corrected chi connectivity index (χ3v) is 2.42. The molecule has 2 amide bonds. The average molecular weight is 274 g/mol. The molecule has 19 heavy (non-hydrogen) atoms. The fourth-order valence-corrected chi connectivity index (χ4v) is 1.42. The van der Waals surface area contributed by atoms with Gasteiger partial charge in [-0.1, -0.05) is 19.8 Å².